The van der Waals surface area contributed by atoms with E-state index in [1.165, 1.54) is 29.7 Å². The molecule has 0 saturated carbocycles. The number of amides is 2. The van der Waals surface area contributed by atoms with Crippen LogP contribution in [0.25, 0.3) is 0 Å². The molecule has 2 aromatic rings. The first kappa shape index (κ1) is 14.5. The highest BCUT2D eigenvalue weighted by Gasteiger charge is 2.07. The highest BCUT2D eigenvalue weighted by Crippen LogP contribution is 2.14. The summed E-state index contributed by atoms with van der Waals surface area (Å²) in [6.07, 6.45) is -0.627. The Labute approximate surface area is 121 Å². The summed E-state index contributed by atoms with van der Waals surface area (Å²) in [7, 11) is 0. The second kappa shape index (κ2) is 6.53. The van der Waals surface area contributed by atoms with E-state index < -0.39 is 12.0 Å². The first-order valence-electron chi connectivity index (χ1n) is 6.18. The van der Waals surface area contributed by atoms with E-state index in [-0.39, 0.29) is 5.56 Å². The van der Waals surface area contributed by atoms with Crippen LogP contribution in [0, 0.1) is 6.92 Å². The molecular weight excluding hydrogens is 272 g/mol. The molecule has 0 aliphatic heterocycles. The van der Waals surface area contributed by atoms with E-state index in [1.54, 1.807) is 12.1 Å². The molecule has 0 aliphatic carbocycles. The van der Waals surface area contributed by atoms with Crippen molar-refractivity contribution in [2.75, 3.05) is 5.32 Å². The van der Waals surface area contributed by atoms with Crippen molar-refractivity contribution < 1.29 is 19.5 Å². The van der Waals surface area contributed by atoms with Crippen molar-refractivity contribution in [1.82, 2.24) is 5.48 Å². The van der Waals surface area contributed by atoms with Gasteiger partial charge < -0.3 is 4.74 Å². The van der Waals surface area contributed by atoms with Crippen LogP contribution < -0.4 is 15.5 Å². The standard InChI is InChI=1S/C15H14N2O4/c1-10-2-8-13(9-3-10)21-15(19)16-12-6-4-11(5-7-12)14(18)17-20/h2-9,20H,1H3,(H,16,19)(H,17,18). The number of hydrogen-bond acceptors (Lipinski definition) is 4. The first-order chi connectivity index (χ1) is 10.1. The minimum absolute atomic E-state index is 0.273. The highest BCUT2D eigenvalue weighted by molar-refractivity contribution is 5.94. The van der Waals surface area contributed by atoms with E-state index >= 15 is 0 Å². The van der Waals surface area contributed by atoms with Crippen LogP contribution in [0.5, 0.6) is 5.75 Å². The van der Waals surface area contributed by atoms with Crippen molar-refractivity contribution in [1.29, 1.82) is 0 Å². The van der Waals surface area contributed by atoms with E-state index in [0.717, 1.165) is 5.56 Å². The lowest BCUT2D eigenvalue weighted by molar-refractivity contribution is 0.0706. The summed E-state index contributed by atoms with van der Waals surface area (Å²) in [5.74, 6) is -0.182. The molecule has 3 N–H and O–H groups in total. The molecule has 0 heterocycles. The fourth-order valence-corrected chi connectivity index (χ4v) is 1.63. The summed E-state index contributed by atoms with van der Waals surface area (Å²) in [4.78, 5) is 22.8. The number of benzene rings is 2. The fraction of sp³-hybridized carbons (Fsp3) is 0.0667. The number of anilines is 1. The van der Waals surface area contributed by atoms with Crippen molar-refractivity contribution in [2.24, 2.45) is 0 Å². The Kier molecular flexibility index (Phi) is 4.53. The van der Waals surface area contributed by atoms with Gasteiger partial charge in [0.2, 0.25) is 0 Å². The lowest BCUT2D eigenvalue weighted by atomic mass is 10.2. The van der Waals surface area contributed by atoms with Gasteiger partial charge in [-0.15, -0.1) is 0 Å². The number of carbonyl (C=O) groups excluding carboxylic acids is 2. The molecule has 0 radical (unpaired) electrons. The number of rotatable bonds is 3. The van der Waals surface area contributed by atoms with Crippen LogP contribution in [-0.2, 0) is 0 Å². The molecule has 0 aromatic heterocycles. The van der Waals surface area contributed by atoms with Gasteiger partial charge in [0.15, 0.2) is 0 Å². The average molecular weight is 286 g/mol. The lowest BCUT2D eigenvalue weighted by Gasteiger charge is -2.07. The van der Waals surface area contributed by atoms with Gasteiger partial charge in [-0.1, -0.05) is 17.7 Å². The zero-order valence-corrected chi connectivity index (χ0v) is 11.3. The predicted molar refractivity (Wildman–Crippen MR) is 76.5 cm³/mol. The van der Waals surface area contributed by atoms with Crippen LogP contribution >= 0.6 is 0 Å². The van der Waals surface area contributed by atoms with Gasteiger partial charge in [0, 0.05) is 11.3 Å². The molecule has 2 aromatic carbocycles. The Morgan fingerprint density at radius 2 is 1.62 bits per heavy atom. The number of carbonyl (C=O) groups is 2. The van der Waals surface area contributed by atoms with Gasteiger partial charge in [0.25, 0.3) is 5.91 Å². The summed E-state index contributed by atoms with van der Waals surface area (Å²) in [5.41, 5.74) is 3.34. The van der Waals surface area contributed by atoms with Crippen molar-refractivity contribution in [3.05, 3.63) is 59.7 Å². The second-order valence-electron chi connectivity index (χ2n) is 4.35. The van der Waals surface area contributed by atoms with Gasteiger partial charge in [0.05, 0.1) is 0 Å². The molecule has 0 saturated heterocycles. The molecule has 21 heavy (non-hydrogen) atoms. The Hall–Kier alpha value is -2.86. The van der Waals surface area contributed by atoms with Gasteiger partial charge in [-0.2, -0.15) is 0 Å². The average Bonchev–Trinajstić information content (AvgIpc) is 2.49. The van der Waals surface area contributed by atoms with E-state index in [1.807, 2.05) is 19.1 Å². The number of hydrogen-bond donors (Lipinski definition) is 3. The maximum atomic E-state index is 11.7. The predicted octanol–water partition coefficient (Wildman–Crippen LogP) is 2.72. The number of ether oxygens (including phenoxy) is 1. The second-order valence-corrected chi connectivity index (χ2v) is 4.35. The summed E-state index contributed by atoms with van der Waals surface area (Å²) >= 11 is 0. The lowest BCUT2D eigenvalue weighted by Crippen LogP contribution is -2.19. The van der Waals surface area contributed by atoms with Crippen LogP contribution in [-0.4, -0.2) is 17.2 Å². The Balaban J connectivity index is 1.96. The quantitative estimate of drug-likeness (QED) is 0.598. The Morgan fingerprint density at radius 3 is 2.19 bits per heavy atom. The van der Waals surface area contributed by atoms with Crippen LogP contribution in [0.15, 0.2) is 48.5 Å². The van der Waals surface area contributed by atoms with Gasteiger partial charge in [0.1, 0.15) is 5.75 Å². The Bertz CT molecular complexity index is 636. The molecular formula is C15H14N2O4. The van der Waals surface area contributed by atoms with Gasteiger partial charge in [-0.25, -0.2) is 10.3 Å². The van der Waals surface area contributed by atoms with Crippen LogP contribution in [0.4, 0.5) is 10.5 Å². The van der Waals surface area contributed by atoms with E-state index in [4.69, 9.17) is 9.94 Å². The molecule has 0 aliphatic rings. The van der Waals surface area contributed by atoms with E-state index in [2.05, 4.69) is 5.32 Å². The molecule has 0 unspecified atom stereocenters. The zero-order chi connectivity index (χ0) is 15.2. The zero-order valence-electron chi connectivity index (χ0n) is 11.3. The number of hydroxylamine groups is 1. The minimum atomic E-state index is -0.627. The number of nitrogens with one attached hydrogen (secondary N) is 2. The molecule has 2 rings (SSSR count). The van der Waals surface area contributed by atoms with Crippen molar-refractivity contribution in [2.45, 2.75) is 6.92 Å². The van der Waals surface area contributed by atoms with Crippen LogP contribution in [0.1, 0.15) is 15.9 Å². The minimum Gasteiger partial charge on any atom is -0.410 e. The normalized spacial score (nSPS) is 9.81. The molecule has 0 spiro atoms. The maximum absolute atomic E-state index is 11.7. The Morgan fingerprint density at radius 1 is 1.00 bits per heavy atom. The van der Waals surface area contributed by atoms with Crippen LogP contribution in [0.2, 0.25) is 0 Å². The third-order valence-electron chi connectivity index (χ3n) is 2.73. The van der Waals surface area contributed by atoms with Gasteiger partial charge >= 0.3 is 6.09 Å². The van der Waals surface area contributed by atoms with E-state index in [0.29, 0.717) is 11.4 Å². The molecule has 6 heteroatoms. The van der Waals surface area contributed by atoms with Gasteiger partial charge in [-0.05, 0) is 43.3 Å². The van der Waals surface area contributed by atoms with Crippen molar-refractivity contribution in [3.63, 3.8) is 0 Å². The van der Waals surface area contributed by atoms with E-state index in [9.17, 15) is 9.59 Å². The monoisotopic (exact) mass is 286 g/mol. The number of aryl methyl sites for hydroxylation is 1. The topological polar surface area (TPSA) is 87.7 Å². The first-order valence-corrected chi connectivity index (χ1v) is 6.18. The highest BCUT2D eigenvalue weighted by atomic mass is 16.6. The molecule has 6 nitrogen and oxygen atoms in total. The third kappa shape index (κ3) is 4.05. The molecule has 0 fully saturated rings. The molecule has 0 atom stereocenters. The van der Waals surface area contributed by atoms with Gasteiger partial charge in [-0.3, -0.25) is 15.3 Å². The third-order valence-corrected chi connectivity index (χ3v) is 2.73. The van der Waals surface area contributed by atoms with Crippen molar-refractivity contribution >= 4 is 17.7 Å². The maximum Gasteiger partial charge on any atom is 0.417 e. The molecule has 0 bridgehead atoms. The molecule has 2 amide bonds. The summed E-state index contributed by atoms with van der Waals surface area (Å²) in [5, 5.41) is 11.0. The van der Waals surface area contributed by atoms with Crippen molar-refractivity contribution in [3.8, 4) is 5.75 Å². The molecule has 108 valence electrons. The summed E-state index contributed by atoms with van der Waals surface area (Å²) in [6, 6.07) is 13.1. The summed E-state index contributed by atoms with van der Waals surface area (Å²) in [6.45, 7) is 1.94. The smallest absolute Gasteiger partial charge is 0.410 e. The fourth-order valence-electron chi connectivity index (χ4n) is 1.63. The van der Waals surface area contributed by atoms with Crippen LogP contribution in [0.3, 0.4) is 0 Å². The summed E-state index contributed by atoms with van der Waals surface area (Å²) < 4.78 is 5.10. The SMILES string of the molecule is Cc1ccc(OC(=O)Nc2ccc(C(=O)NO)cc2)cc1. The largest absolute Gasteiger partial charge is 0.417 e.